The van der Waals surface area contributed by atoms with Gasteiger partial charge in [0.05, 0.1) is 13.2 Å². The van der Waals surface area contributed by atoms with Crippen LogP contribution in [0.25, 0.3) is 0 Å². The third kappa shape index (κ3) is 6.93. The quantitative estimate of drug-likeness (QED) is 0.363. The molecular weight excluding hydrogens is 306 g/mol. The van der Waals surface area contributed by atoms with Gasteiger partial charge in [-0.05, 0) is 26.9 Å². The van der Waals surface area contributed by atoms with Crippen molar-refractivity contribution in [1.29, 1.82) is 0 Å². The largest absolute Gasteiger partial charge is 0.381 e. The standard InChI is InChI=1S/C17H35N5O2/c1-18-17(20-11-16-12-21(2)7-8-22(16)3)19-6-4-9-23-13-15-5-10-24-14-15/h15-16H,4-14H2,1-3H3,(H2,18,19,20). The van der Waals surface area contributed by atoms with E-state index in [2.05, 4.69) is 39.5 Å². The number of nitrogens with zero attached hydrogens (tertiary/aromatic N) is 3. The summed E-state index contributed by atoms with van der Waals surface area (Å²) in [6.07, 6.45) is 2.12. The summed E-state index contributed by atoms with van der Waals surface area (Å²) in [5, 5.41) is 6.80. The molecule has 7 nitrogen and oxygen atoms in total. The Morgan fingerprint density at radius 3 is 2.92 bits per heavy atom. The highest BCUT2D eigenvalue weighted by Crippen LogP contribution is 2.12. The molecule has 0 radical (unpaired) electrons. The van der Waals surface area contributed by atoms with Crippen molar-refractivity contribution in [2.45, 2.75) is 18.9 Å². The smallest absolute Gasteiger partial charge is 0.191 e. The van der Waals surface area contributed by atoms with E-state index in [1.165, 1.54) is 0 Å². The van der Waals surface area contributed by atoms with E-state index in [4.69, 9.17) is 9.47 Å². The van der Waals surface area contributed by atoms with Gasteiger partial charge in [0.2, 0.25) is 0 Å². The van der Waals surface area contributed by atoms with Crippen LogP contribution in [0.2, 0.25) is 0 Å². The molecule has 2 unspecified atom stereocenters. The molecule has 0 aromatic rings. The van der Waals surface area contributed by atoms with Crippen LogP contribution in [-0.2, 0) is 9.47 Å². The number of guanidine groups is 1. The van der Waals surface area contributed by atoms with E-state index < -0.39 is 0 Å². The zero-order valence-corrected chi connectivity index (χ0v) is 15.6. The predicted molar refractivity (Wildman–Crippen MR) is 97.6 cm³/mol. The van der Waals surface area contributed by atoms with Gasteiger partial charge in [-0.1, -0.05) is 0 Å². The molecule has 2 N–H and O–H groups in total. The molecule has 7 heteroatoms. The molecule has 2 aliphatic heterocycles. The van der Waals surface area contributed by atoms with Gasteiger partial charge in [-0.3, -0.25) is 9.89 Å². The van der Waals surface area contributed by atoms with Crippen LogP contribution in [0, 0.1) is 5.92 Å². The average Bonchev–Trinajstić information content (AvgIpc) is 3.09. The minimum Gasteiger partial charge on any atom is -0.381 e. The first kappa shape index (κ1) is 19.4. The van der Waals surface area contributed by atoms with Gasteiger partial charge in [-0.15, -0.1) is 0 Å². The highest BCUT2D eigenvalue weighted by molar-refractivity contribution is 5.79. The zero-order valence-electron chi connectivity index (χ0n) is 15.6. The predicted octanol–water partition coefficient (Wildman–Crippen LogP) is -0.160. The molecule has 2 heterocycles. The van der Waals surface area contributed by atoms with Crippen LogP contribution in [-0.4, -0.2) is 102 Å². The molecule has 0 spiro atoms. The number of rotatable bonds is 8. The Hall–Kier alpha value is -0.890. The highest BCUT2D eigenvalue weighted by Gasteiger charge is 2.22. The molecule has 0 bridgehead atoms. The second-order valence-electron chi connectivity index (χ2n) is 6.93. The Morgan fingerprint density at radius 2 is 2.17 bits per heavy atom. The van der Waals surface area contributed by atoms with E-state index in [-0.39, 0.29) is 0 Å². The molecule has 0 saturated carbocycles. The Bertz CT molecular complexity index is 374. The second kappa shape index (κ2) is 10.9. The summed E-state index contributed by atoms with van der Waals surface area (Å²) < 4.78 is 11.1. The molecule has 2 saturated heterocycles. The summed E-state index contributed by atoms with van der Waals surface area (Å²) in [4.78, 5) is 9.10. The van der Waals surface area contributed by atoms with E-state index in [1.807, 2.05) is 7.05 Å². The number of piperazine rings is 1. The lowest BCUT2D eigenvalue weighted by atomic mass is 10.1. The molecule has 2 atom stereocenters. The Morgan fingerprint density at radius 1 is 1.29 bits per heavy atom. The van der Waals surface area contributed by atoms with Gasteiger partial charge >= 0.3 is 0 Å². The fourth-order valence-corrected chi connectivity index (χ4v) is 3.10. The molecule has 0 amide bonds. The summed E-state index contributed by atoms with van der Waals surface area (Å²) in [6, 6.07) is 0.527. The maximum absolute atomic E-state index is 5.72. The van der Waals surface area contributed by atoms with Gasteiger partial charge in [0.15, 0.2) is 5.96 Å². The van der Waals surface area contributed by atoms with Gasteiger partial charge in [0.25, 0.3) is 0 Å². The van der Waals surface area contributed by atoms with Gasteiger partial charge in [-0.25, -0.2) is 0 Å². The first-order chi connectivity index (χ1) is 11.7. The third-order valence-electron chi connectivity index (χ3n) is 4.84. The van der Waals surface area contributed by atoms with Crippen molar-refractivity contribution in [2.24, 2.45) is 10.9 Å². The van der Waals surface area contributed by atoms with E-state index in [0.29, 0.717) is 12.0 Å². The van der Waals surface area contributed by atoms with Crippen molar-refractivity contribution in [3.05, 3.63) is 0 Å². The van der Waals surface area contributed by atoms with Crippen molar-refractivity contribution in [1.82, 2.24) is 20.4 Å². The summed E-state index contributed by atoms with van der Waals surface area (Å²) >= 11 is 0. The molecule has 24 heavy (non-hydrogen) atoms. The zero-order chi connectivity index (χ0) is 17.2. The summed E-state index contributed by atoms with van der Waals surface area (Å²) in [7, 11) is 6.20. The fraction of sp³-hybridized carbons (Fsp3) is 0.941. The highest BCUT2D eigenvalue weighted by atomic mass is 16.5. The normalized spacial score (nSPS) is 26.7. The lowest BCUT2D eigenvalue weighted by Crippen LogP contribution is -2.55. The third-order valence-corrected chi connectivity index (χ3v) is 4.84. The lowest BCUT2D eigenvalue weighted by molar-refractivity contribution is 0.0887. The van der Waals surface area contributed by atoms with Crippen molar-refractivity contribution in [3.63, 3.8) is 0 Å². The maximum Gasteiger partial charge on any atom is 0.191 e. The molecule has 2 aliphatic rings. The minimum absolute atomic E-state index is 0.527. The average molecular weight is 342 g/mol. The number of likely N-dealkylation sites (N-methyl/N-ethyl adjacent to an activating group) is 2. The Kier molecular flexibility index (Phi) is 8.80. The molecule has 0 aromatic heterocycles. The molecular formula is C17H35N5O2. The Balaban J connectivity index is 1.52. The summed E-state index contributed by atoms with van der Waals surface area (Å²) in [5.41, 5.74) is 0. The van der Waals surface area contributed by atoms with E-state index in [9.17, 15) is 0 Å². The molecule has 2 rings (SSSR count). The van der Waals surface area contributed by atoms with Gasteiger partial charge in [0, 0.05) is 64.9 Å². The van der Waals surface area contributed by atoms with E-state index >= 15 is 0 Å². The summed E-state index contributed by atoms with van der Waals surface area (Å²) in [5.74, 6) is 1.47. The van der Waals surface area contributed by atoms with Crippen LogP contribution >= 0.6 is 0 Å². The fourth-order valence-electron chi connectivity index (χ4n) is 3.10. The molecule has 2 fully saturated rings. The molecule has 0 aliphatic carbocycles. The minimum atomic E-state index is 0.527. The van der Waals surface area contributed by atoms with Crippen LogP contribution < -0.4 is 10.6 Å². The summed E-state index contributed by atoms with van der Waals surface area (Å²) in [6.45, 7) is 8.53. The van der Waals surface area contributed by atoms with Crippen LogP contribution in [0.3, 0.4) is 0 Å². The van der Waals surface area contributed by atoms with E-state index in [1.54, 1.807) is 0 Å². The SMILES string of the molecule is CN=C(NCCCOCC1CCOC1)NCC1CN(C)CCN1C. The van der Waals surface area contributed by atoms with Gasteiger partial charge < -0.3 is 25.0 Å². The molecule has 140 valence electrons. The first-order valence-electron chi connectivity index (χ1n) is 9.18. The van der Waals surface area contributed by atoms with Crippen LogP contribution in [0.5, 0.6) is 0 Å². The maximum atomic E-state index is 5.72. The van der Waals surface area contributed by atoms with Crippen LogP contribution in [0.4, 0.5) is 0 Å². The molecule has 0 aromatic carbocycles. The monoisotopic (exact) mass is 341 g/mol. The first-order valence-corrected chi connectivity index (χ1v) is 9.18. The number of aliphatic imine (C=N–C) groups is 1. The number of hydrogen-bond acceptors (Lipinski definition) is 5. The lowest BCUT2D eigenvalue weighted by Gasteiger charge is -2.37. The number of ether oxygens (including phenoxy) is 2. The van der Waals surface area contributed by atoms with Crippen molar-refractivity contribution in [2.75, 3.05) is 80.3 Å². The van der Waals surface area contributed by atoms with Crippen molar-refractivity contribution < 1.29 is 9.47 Å². The Labute approximate surface area is 146 Å². The van der Waals surface area contributed by atoms with Crippen molar-refractivity contribution in [3.8, 4) is 0 Å². The van der Waals surface area contributed by atoms with Crippen molar-refractivity contribution >= 4 is 5.96 Å². The number of hydrogen-bond donors (Lipinski definition) is 2. The van der Waals surface area contributed by atoms with Gasteiger partial charge in [-0.2, -0.15) is 0 Å². The topological polar surface area (TPSA) is 61.4 Å². The van der Waals surface area contributed by atoms with E-state index in [0.717, 1.165) is 78.0 Å². The van der Waals surface area contributed by atoms with Crippen LogP contribution in [0.15, 0.2) is 4.99 Å². The second-order valence-corrected chi connectivity index (χ2v) is 6.93. The number of nitrogens with one attached hydrogen (secondary N) is 2. The van der Waals surface area contributed by atoms with Gasteiger partial charge in [0.1, 0.15) is 0 Å². The van der Waals surface area contributed by atoms with Crippen LogP contribution in [0.1, 0.15) is 12.8 Å².